The van der Waals surface area contributed by atoms with Gasteiger partial charge in [0.15, 0.2) is 5.78 Å². The number of carboxylic acid groups (broad SMARTS) is 1. The molecule has 0 spiro atoms. The largest absolute Gasteiger partial charge is 0.481 e. The maximum Gasteiger partial charge on any atom is 0.306 e. The highest BCUT2D eigenvalue weighted by molar-refractivity contribution is 5.86. The van der Waals surface area contributed by atoms with Crippen LogP contribution in [0.2, 0.25) is 0 Å². The molecule has 3 saturated carbocycles. The van der Waals surface area contributed by atoms with Crippen LogP contribution in [-0.4, -0.2) is 38.3 Å². The van der Waals surface area contributed by atoms with Crippen molar-refractivity contribution in [1.82, 2.24) is 0 Å². The van der Waals surface area contributed by atoms with E-state index < -0.39 is 17.2 Å². The Balaban J connectivity index is 1.52. The first kappa shape index (κ1) is 25.6. The SMILES string of the molecule is C[C@H](CCC(=O)C(C)(C)O)[C@H]1CC[C@H]2C3=CC=C4C[C@](O)(CC(=O)O)CC[C@]4(C)[C@H]3CC[C@]12C. The monoisotopic (exact) mass is 472 g/mol. The molecule has 190 valence electrons. The highest BCUT2D eigenvalue weighted by Crippen LogP contribution is 2.66. The summed E-state index contributed by atoms with van der Waals surface area (Å²) in [5, 5.41) is 30.2. The Bertz CT molecular complexity index is 910. The molecule has 0 unspecified atom stereocenters. The normalized spacial score (nSPS) is 40.4. The molecule has 0 bridgehead atoms. The zero-order valence-corrected chi connectivity index (χ0v) is 21.7. The number of allylic oxidation sites excluding steroid dienone is 3. The van der Waals surface area contributed by atoms with E-state index in [1.54, 1.807) is 19.4 Å². The molecule has 0 radical (unpaired) electrons. The number of fused-ring (bicyclic) bond motifs is 5. The van der Waals surface area contributed by atoms with Gasteiger partial charge in [0, 0.05) is 6.42 Å². The summed E-state index contributed by atoms with van der Waals surface area (Å²) < 4.78 is 0. The summed E-state index contributed by atoms with van der Waals surface area (Å²) in [5.74, 6) is 1.07. The maximum absolute atomic E-state index is 12.3. The van der Waals surface area contributed by atoms with E-state index in [-0.39, 0.29) is 23.0 Å². The summed E-state index contributed by atoms with van der Waals surface area (Å²) in [5.41, 5.74) is 0.681. The molecule has 3 N–H and O–H groups in total. The molecule has 4 aliphatic carbocycles. The smallest absolute Gasteiger partial charge is 0.306 e. The second kappa shape index (κ2) is 8.58. The minimum Gasteiger partial charge on any atom is -0.481 e. The van der Waals surface area contributed by atoms with Gasteiger partial charge in [-0.15, -0.1) is 0 Å². The Morgan fingerprint density at radius 3 is 2.44 bits per heavy atom. The topological polar surface area (TPSA) is 94.8 Å². The average Bonchev–Trinajstić information content (AvgIpc) is 3.08. The van der Waals surface area contributed by atoms with E-state index in [0.717, 1.165) is 19.3 Å². The molecule has 4 aliphatic rings. The van der Waals surface area contributed by atoms with Gasteiger partial charge in [-0.05, 0) is 99.7 Å². The fourth-order valence-corrected chi connectivity index (χ4v) is 8.33. The molecule has 0 saturated heterocycles. The van der Waals surface area contributed by atoms with E-state index in [2.05, 4.69) is 32.9 Å². The minimum atomic E-state index is -1.25. The second-order valence-corrected chi connectivity index (χ2v) is 13.1. The van der Waals surface area contributed by atoms with Gasteiger partial charge in [0.2, 0.25) is 0 Å². The van der Waals surface area contributed by atoms with Crippen molar-refractivity contribution in [2.75, 3.05) is 0 Å². The molecule has 34 heavy (non-hydrogen) atoms. The summed E-state index contributed by atoms with van der Waals surface area (Å²) in [4.78, 5) is 23.6. The standard InChI is InChI=1S/C29H44O5/c1-18(6-11-24(30)26(2,3)33)21-9-10-22-20-8-7-19-16-29(34,17-25(31)32)15-14-27(19,4)23(20)12-13-28(21,22)5/h7-8,18,21-23,33-34H,6,9-17H2,1-5H3,(H,31,32)/t18-,21-,22+,23+,27+,28-,29+/m1/s1. The van der Waals surface area contributed by atoms with E-state index >= 15 is 0 Å². The molecule has 0 aromatic heterocycles. The number of hydrogen-bond acceptors (Lipinski definition) is 4. The van der Waals surface area contributed by atoms with Gasteiger partial charge in [-0.25, -0.2) is 0 Å². The van der Waals surface area contributed by atoms with Crippen LogP contribution in [0.1, 0.15) is 98.8 Å². The third kappa shape index (κ3) is 4.32. The van der Waals surface area contributed by atoms with Gasteiger partial charge in [-0.1, -0.05) is 44.1 Å². The van der Waals surface area contributed by atoms with Gasteiger partial charge in [0.05, 0.1) is 12.0 Å². The van der Waals surface area contributed by atoms with Crippen molar-refractivity contribution in [3.8, 4) is 0 Å². The zero-order valence-electron chi connectivity index (χ0n) is 21.7. The van der Waals surface area contributed by atoms with Crippen LogP contribution >= 0.6 is 0 Å². The lowest BCUT2D eigenvalue weighted by atomic mass is 9.49. The van der Waals surface area contributed by atoms with Crippen molar-refractivity contribution in [2.24, 2.45) is 34.5 Å². The lowest BCUT2D eigenvalue weighted by Gasteiger charge is -2.56. The van der Waals surface area contributed by atoms with E-state index in [4.69, 9.17) is 0 Å². The number of rotatable bonds is 7. The molecule has 3 fully saturated rings. The Morgan fingerprint density at radius 1 is 1.09 bits per heavy atom. The summed E-state index contributed by atoms with van der Waals surface area (Å²) >= 11 is 0. The summed E-state index contributed by atoms with van der Waals surface area (Å²) in [7, 11) is 0. The molecule has 4 rings (SSSR count). The Hall–Kier alpha value is -1.46. The molecule has 5 nitrogen and oxygen atoms in total. The van der Waals surface area contributed by atoms with Crippen molar-refractivity contribution in [3.63, 3.8) is 0 Å². The minimum absolute atomic E-state index is 0.0129. The summed E-state index contributed by atoms with van der Waals surface area (Å²) in [6.07, 6.45) is 12.2. The molecule has 5 heteroatoms. The number of carbonyl (C=O) groups excluding carboxylic acids is 1. The fraction of sp³-hybridized carbons (Fsp3) is 0.793. The molecular formula is C29H44O5. The number of hydrogen-bond donors (Lipinski definition) is 3. The number of carboxylic acids is 1. The molecule has 0 aliphatic heterocycles. The first-order chi connectivity index (χ1) is 15.7. The van der Waals surface area contributed by atoms with Crippen LogP contribution in [0.15, 0.2) is 23.3 Å². The van der Waals surface area contributed by atoms with Crippen LogP contribution in [0.4, 0.5) is 0 Å². The van der Waals surface area contributed by atoms with E-state index in [1.807, 2.05) is 0 Å². The Kier molecular flexibility index (Phi) is 6.47. The number of Topliss-reactive ketones (excluding diaryl/α,β-unsaturated/α-hetero) is 1. The number of aliphatic carboxylic acids is 1. The van der Waals surface area contributed by atoms with E-state index in [9.17, 15) is 24.9 Å². The van der Waals surface area contributed by atoms with Crippen molar-refractivity contribution < 1.29 is 24.9 Å². The molecule has 0 aromatic carbocycles. The predicted octanol–water partition coefficient (Wildman–Crippen LogP) is 5.45. The first-order valence-corrected chi connectivity index (χ1v) is 13.3. The van der Waals surface area contributed by atoms with Crippen LogP contribution in [0, 0.1) is 34.5 Å². The van der Waals surface area contributed by atoms with Crippen LogP contribution < -0.4 is 0 Å². The Labute approximate surface area is 204 Å². The zero-order chi connectivity index (χ0) is 25.1. The highest BCUT2D eigenvalue weighted by Gasteiger charge is 2.58. The van der Waals surface area contributed by atoms with E-state index in [0.29, 0.717) is 42.9 Å². The van der Waals surface area contributed by atoms with Gasteiger partial charge in [-0.3, -0.25) is 9.59 Å². The van der Waals surface area contributed by atoms with Gasteiger partial charge in [0.25, 0.3) is 0 Å². The van der Waals surface area contributed by atoms with Crippen molar-refractivity contribution in [1.29, 1.82) is 0 Å². The van der Waals surface area contributed by atoms with Crippen LogP contribution in [-0.2, 0) is 9.59 Å². The molecule has 0 aromatic rings. The predicted molar refractivity (Wildman–Crippen MR) is 132 cm³/mol. The lowest BCUT2D eigenvalue weighted by molar-refractivity contribution is -0.144. The van der Waals surface area contributed by atoms with Crippen LogP contribution in [0.3, 0.4) is 0 Å². The third-order valence-electron chi connectivity index (χ3n) is 10.5. The maximum atomic E-state index is 12.3. The number of ketones is 1. The highest BCUT2D eigenvalue weighted by atomic mass is 16.4. The number of carbonyl (C=O) groups is 2. The molecular weight excluding hydrogens is 428 g/mol. The van der Waals surface area contributed by atoms with Gasteiger partial charge in [-0.2, -0.15) is 0 Å². The fourth-order valence-electron chi connectivity index (χ4n) is 8.33. The van der Waals surface area contributed by atoms with Crippen LogP contribution in [0.5, 0.6) is 0 Å². The second-order valence-electron chi connectivity index (χ2n) is 13.1. The summed E-state index contributed by atoms with van der Waals surface area (Å²) in [6, 6.07) is 0. The van der Waals surface area contributed by atoms with Crippen molar-refractivity contribution >= 4 is 11.8 Å². The van der Waals surface area contributed by atoms with Crippen molar-refractivity contribution in [3.05, 3.63) is 23.3 Å². The van der Waals surface area contributed by atoms with E-state index in [1.165, 1.54) is 24.8 Å². The van der Waals surface area contributed by atoms with Gasteiger partial charge in [0.1, 0.15) is 5.60 Å². The Morgan fingerprint density at radius 2 is 1.79 bits per heavy atom. The third-order valence-corrected chi connectivity index (χ3v) is 10.5. The molecule has 0 amide bonds. The summed E-state index contributed by atoms with van der Waals surface area (Å²) in [6.45, 7) is 10.3. The number of aliphatic hydroxyl groups is 2. The van der Waals surface area contributed by atoms with Crippen molar-refractivity contribution in [2.45, 2.75) is 110 Å². The molecule has 0 heterocycles. The van der Waals surface area contributed by atoms with Gasteiger partial charge < -0.3 is 15.3 Å². The average molecular weight is 473 g/mol. The van der Waals surface area contributed by atoms with Gasteiger partial charge >= 0.3 is 5.97 Å². The van der Waals surface area contributed by atoms with Crippen LogP contribution in [0.25, 0.3) is 0 Å². The lowest BCUT2D eigenvalue weighted by Crippen LogP contribution is -2.49. The first-order valence-electron chi connectivity index (χ1n) is 13.3. The molecule has 7 atom stereocenters. The quantitative estimate of drug-likeness (QED) is 0.458.